The van der Waals surface area contributed by atoms with Crippen LogP contribution in [0.4, 0.5) is 0 Å². The second kappa shape index (κ2) is 10.2. The number of aromatic nitrogens is 2. The average Bonchev–Trinajstić information content (AvgIpc) is 3.19. The number of nitrogens with zero attached hydrogens (tertiary/aromatic N) is 2. The minimum atomic E-state index is -0.00322. The minimum Gasteiger partial charge on any atom is -0.493 e. The molecule has 0 bridgehead atoms. The fourth-order valence-corrected chi connectivity index (χ4v) is 5.26. The third-order valence-corrected chi connectivity index (χ3v) is 7.21. The second-order valence-electron chi connectivity index (χ2n) is 5.53. The normalized spacial score (nSPS) is 10.7. The number of carbonyl (C=O) groups excluding carboxylic acids is 1. The van der Waals surface area contributed by atoms with Crippen LogP contribution in [0.2, 0.25) is 5.02 Å². The number of Topliss-reactive ketones (excluding diaryl/α,β-unsaturated/α-hetero) is 1. The monoisotopic (exact) mass is 452 g/mol. The topological polar surface area (TPSA) is 61.3 Å². The molecule has 0 unspecified atom stereocenters. The quantitative estimate of drug-likeness (QED) is 0.315. The van der Waals surface area contributed by atoms with E-state index in [0.717, 1.165) is 19.5 Å². The van der Waals surface area contributed by atoms with Crippen molar-refractivity contribution in [3.05, 3.63) is 58.6 Å². The van der Waals surface area contributed by atoms with Gasteiger partial charge in [-0.25, -0.2) is 0 Å². The van der Waals surface area contributed by atoms with Gasteiger partial charge < -0.3 is 9.47 Å². The maximum atomic E-state index is 12.5. The van der Waals surface area contributed by atoms with Crippen LogP contribution in [0.25, 0.3) is 0 Å². The Labute approximate surface area is 180 Å². The largest absolute Gasteiger partial charge is 0.493 e. The van der Waals surface area contributed by atoms with Crippen molar-refractivity contribution in [3.63, 3.8) is 0 Å². The molecule has 0 aliphatic carbocycles. The van der Waals surface area contributed by atoms with Crippen LogP contribution in [0, 0.1) is 0 Å². The molecule has 5 nitrogen and oxygen atoms in total. The summed E-state index contributed by atoms with van der Waals surface area (Å²) in [5, 5.41) is 9.07. The van der Waals surface area contributed by atoms with Gasteiger partial charge in [0.05, 0.1) is 20.0 Å². The van der Waals surface area contributed by atoms with Crippen LogP contribution in [0.5, 0.6) is 11.5 Å². The molecule has 0 N–H and O–H groups in total. The van der Waals surface area contributed by atoms with Crippen molar-refractivity contribution in [1.82, 2.24) is 10.2 Å². The van der Waals surface area contributed by atoms with Crippen molar-refractivity contribution in [3.8, 4) is 11.5 Å². The van der Waals surface area contributed by atoms with Gasteiger partial charge in [-0.3, -0.25) is 4.79 Å². The molecule has 0 aliphatic heterocycles. The van der Waals surface area contributed by atoms with Crippen molar-refractivity contribution in [2.24, 2.45) is 0 Å². The number of carbonyl (C=O) groups is 1. The molecule has 3 rings (SSSR count). The summed E-state index contributed by atoms with van der Waals surface area (Å²) in [4.78, 5) is 12.5. The van der Waals surface area contributed by atoms with Crippen molar-refractivity contribution in [1.29, 1.82) is 0 Å². The van der Waals surface area contributed by atoms with Crippen LogP contribution in [-0.4, -0.2) is 36.0 Å². The molecule has 0 fully saturated rings. The lowest BCUT2D eigenvalue weighted by molar-refractivity contribution is 0.102. The molecular formula is C19H17ClN2O3S3. The Morgan fingerprint density at radius 1 is 1.00 bits per heavy atom. The number of halogens is 1. The van der Waals surface area contributed by atoms with Gasteiger partial charge in [-0.05, 0) is 35.9 Å². The highest BCUT2D eigenvalue weighted by atomic mass is 35.5. The predicted octanol–water partition coefficient (Wildman–Crippen LogP) is 5.48. The van der Waals surface area contributed by atoms with Gasteiger partial charge >= 0.3 is 0 Å². The first-order valence-electron chi connectivity index (χ1n) is 8.18. The van der Waals surface area contributed by atoms with E-state index in [1.807, 2.05) is 24.3 Å². The summed E-state index contributed by atoms with van der Waals surface area (Å²) in [6, 6.07) is 12.9. The molecule has 0 atom stereocenters. The molecule has 0 radical (unpaired) electrons. The van der Waals surface area contributed by atoms with Gasteiger partial charge in [0.15, 0.2) is 26.0 Å². The molecule has 0 aliphatic rings. The maximum Gasteiger partial charge on any atom is 0.175 e. The van der Waals surface area contributed by atoms with Gasteiger partial charge in [-0.1, -0.05) is 58.6 Å². The summed E-state index contributed by atoms with van der Waals surface area (Å²) < 4.78 is 12.1. The van der Waals surface area contributed by atoms with Gasteiger partial charge in [-0.2, -0.15) is 0 Å². The lowest BCUT2D eigenvalue weighted by atomic mass is 10.1. The first-order valence-corrected chi connectivity index (χ1v) is 11.3. The van der Waals surface area contributed by atoms with Crippen LogP contribution < -0.4 is 9.47 Å². The third-order valence-electron chi connectivity index (χ3n) is 3.70. The van der Waals surface area contributed by atoms with E-state index in [0.29, 0.717) is 17.1 Å². The molecule has 0 saturated heterocycles. The Morgan fingerprint density at radius 3 is 2.36 bits per heavy atom. The van der Waals surface area contributed by atoms with Gasteiger partial charge in [0.2, 0.25) is 0 Å². The van der Waals surface area contributed by atoms with Crippen molar-refractivity contribution >= 4 is 52.2 Å². The predicted molar refractivity (Wildman–Crippen MR) is 116 cm³/mol. The van der Waals surface area contributed by atoms with E-state index < -0.39 is 0 Å². The lowest BCUT2D eigenvalue weighted by Gasteiger charge is -2.08. The van der Waals surface area contributed by atoms with Crippen LogP contribution >= 0.6 is 46.5 Å². The Hall–Kier alpha value is -1.74. The van der Waals surface area contributed by atoms with Gasteiger partial charge in [0, 0.05) is 16.3 Å². The van der Waals surface area contributed by atoms with Crippen LogP contribution in [0.15, 0.2) is 51.1 Å². The molecule has 9 heteroatoms. The second-order valence-corrected chi connectivity index (χ2v) is 9.39. The Bertz CT molecular complexity index is 948. The van der Waals surface area contributed by atoms with Crippen LogP contribution in [-0.2, 0) is 5.75 Å². The number of thioether (sulfide) groups is 2. The smallest absolute Gasteiger partial charge is 0.175 e. The zero-order valence-corrected chi connectivity index (χ0v) is 18.4. The third kappa shape index (κ3) is 5.64. The fraction of sp³-hybridized carbons (Fsp3) is 0.211. The highest BCUT2D eigenvalue weighted by Crippen LogP contribution is 2.32. The minimum absolute atomic E-state index is 0.00322. The fourth-order valence-electron chi connectivity index (χ4n) is 2.26. The number of hydrogen-bond acceptors (Lipinski definition) is 8. The first-order chi connectivity index (χ1) is 13.6. The molecule has 146 valence electrons. The molecular weight excluding hydrogens is 436 g/mol. The zero-order chi connectivity index (χ0) is 19.9. The molecule has 0 saturated carbocycles. The standard InChI is InChI=1S/C19H17ClN2O3S3/c1-24-16-8-5-13(9-17(16)25-2)15(23)11-27-19-22-21-18(28-19)26-10-12-3-6-14(20)7-4-12/h3-9H,10-11H2,1-2H3. The molecule has 1 aromatic heterocycles. The van der Waals surface area contributed by atoms with E-state index in [-0.39, 0.29) is 11.5 Å². The lowest BCUT2D eigenvalue weighted by Crippen LogP contribution is -2.03. The van der Waals surface area contributed by atoms with E-state index in [1.54, 1.807) is 44.2 Å². The number of methoxy groups -OCH3 is 2. The zero-order valence-electron chi connectivity index (χ0n) is 15.2. The van der Waals surface area contributed by atoms with Gasteiger partial charge in [-0.15, -0.1) is 10.2 Å². The number of ketones is 1. The van der Waals surface area contributed by atoms with Crippen molar-refractivity contribution in [2.75, 3.05) is 20.0 Å². The Balaban J connectivity index is 1.53. The highest BCUT2D eigenvalue weighted by molar-refractivity contribution is 8.03. The van der Waals surface area contributed by atoms with E-state index in [2.05, 4.69) is 10.2 Å². The van der Waals surface area contributed by atoms with E-state index >= 15 is 0 Å². The SMILES string of the molecule is COc1ccc(C(=O)CSc2nnc(SCc3ccc(Cl)cc3)s2)cc1OC. The van der Waals surface area contributed by atoms with Crippen LogP contribution in [0.1, 0.15) is 15.9 Å². The Morgan fingerprint density at radius 2 is 1.68 bits per heavy atom. The summed E-state index contributed by atoms with van der Waals surface area (Å²) in [5.74, 6) is 2.21. The summed E-state index contributed by atoms with van der Waals surface area (Å²) in [7, 11) is 3.11. The average molecular weight is 453 g/mol. The molecule has 0 spiro atoms. The maximum absolute atomic E-state index is 12.5. The molecule has 28 heavy (non-hydrogen) atoms. The summed E-state index contributed by atoms with van der Waals surface area (Å²) in [5.41, 5.74) is 1.74. The van der Waals surface area contributed by atoms with Crippen LogP contribution in [0.3, 0.4) is 0 Å². The van der Waals surface area contributed by atoms with Gasteiger partial charge in [0.1, 0.15) is 0 Å². The molecule has 1 heterocycles. The number of hydrogen-bond donors (Lipinski definition) is 0. The summed E-state index contributed by atoms with van der Waals surface area (Å²) in [6.45, 7) is 0. The number of rotatable bonds is 9. The van der Waals surface area contributed by atoms with Crippen molar-refractivity contribution in [2.45, 2.75) is 14.4 Å². The van der Waals surface area contributed by atoms with E-state index in [1.165, 1.54) is 28.7 Å². The summed E-state index contributed by atoms with van der Waals surface area (Å²) in [6.07, 6.45) is 0. The molecule has 0 amide bonds. The van der Waals surface area contributed by atoms with E-state index in [9.17, 15) is 4.79 Å². The number of ether oxygens (including phenoxy) is 2. The molecule has 3 aromatic rings. The van der Waals surface area contributed by atoms with Gasteiger partial charge in [0.25, 0.3) is 0 Å². The van der Waals surface area contributed by atoms with Crippen molar-refractivity contribution < 1.29 is 14.3 Å². The van der Waals surface area contributed by atoms with E-state index in [4.69, 9.17) is 21.1 Å². The highest BCUT2D eigenvalue weighted by Gasteiger charge is 2.13. The Kier molecular flexibility index (Phi) is 7.61. The first kappa shape index (κ1) is 21.0. The molecule has 2 aromatic carbocycles. The summed E-state index contributed by atoms with van der Waals surface area (Å²) >= 11 is 10.4. The number of benzene rings is 2.